The molecule has 1 aromatic carbocycles. The van der Waals surface area contributed by atoms with Crippen LogP contribution in [0.5, 0.6) is 0 Å². The van der Waals surface area contributed by atoms with Gasteiger partial charge in [0.15, 0.2) is 5.82 Å². The molecule has 1 aliphatic rings. The van der Waals surface area contributed by atoms with E-state index in [1.165, 1.54) is 6.07 Å². The van der Waals surface area contributed by atoms with Crippen molar-refractivity contribution in [1.29, 1.82) is 0 Å². The van der Waals surface area contributed by atoms with E-state index in [9.17, 15) is 4.39 Å². The Morgan fingerprint density at radius 2 is 2.22 bits per heavy atom. The molecule has 3 nitrogen and oxygen atoms in total. The lowest BCUT2D eigenvalue weighted by Gasteiger charge is -2.30. The molecule has 1 unspecified atom stereocenters. The molecule has 18 heavy (non-hydrogen) atoms. The molecule has 0 aliphatic carbocycles. The van der Waals surface area contributed by atoms with Gasteiger partial charge in [0.05, 0.1) is 5.52 Å². The van der Waals surface area contributed by atoms with E-state index in [0.29, 0.717) is 11.4 Å². The third-order valence-corrected chi connectivity index (χ3v) is 4.23. The van der Waals surface area contributed by atoms with Gasteiger partial charge in [-0.15, -0.1) is 0 Å². The van der Waals surface area contributed by atoms with Crippen LogP contribution >= 0.6 is 0 Å². The number of aromatic nitrogens is 2. The highest BCUT2D eigenvalue weighted by Gasteiger charge is 2.41. The van der Waals surface area contributed by atoms with Gasteiger partial charge in [0.2, 0.25) is 0 Å². The number of hydrogen-bond acceptors (Lipinski definition) is 2. The first-order valence-electron chi connectivity index (χ1n) is 6.49. The smallest absolute Gasteiger partial charge is 0.151 e. The summed E-state index contributed by atoms with van der Waals surface area (Å²) in [7, 11) is 0. The van der Waals surface area contributed by atoms with Crippen LogP contribution in [0, 0.1) is 11.7 Å². The first-order chi connectivity index (χ1) is 8.63. The lowest BCUT2D eigenvalue weighted by Crippen LogP contribution is -2.35. The molecule has 2 N–H and O–H groups in total. The fourth-order valence-electron chi connectivity index (χ4n) is 2.91. The predicted octanol–water partition coefficient (Wildman–Crippen LogP) is 2.59. The fourth-order valence-corrected chi connectivity index (χ4v) is 2.91. The molecule has 0 amide bonds. The highest BCUT2D eigenvalue weighted by atomic mass is 19.1. The van der Waals surface area contributed by atoms with Crippen molar-refractivity contribution in [3.8, 4) is 0 Å². The third-order valence-electron chi connectivity index (χ3n) is 4.23. The average Bonchev–Trinajstić information content (AvgIpc) is 2.96. The summed E-state index contributed by atoms with van der Waals surface area (Å²) in [6.45, 7) is 6.32. The van der Waals surface area contributed by atoms with Crippen LogP contribution in [-0.4, -0.2) is 23.1 Å². The average molecular weight is 247 g/mol. The Hall–Kier alpha value is -1.42. The van der Waals surface area contributed by atoms with Gasteiger partial charge in [-0.05, 0) is 31.0 Å². The number of fused-ring (bicyclic) bond motifs is 1. The van der Waals surface area contributed by atoms with Crippen molar-refractivity contribution in [2.24, 2.45) is 5.92 Å². The van der Waals surface area contributed by atoms with E-state index >= 15 is 0 Å². The molecule has 3 rings (SSSR count). The van der Waals surface area contributed by atoms with E-state index in [4.69, 9.17) is 0 Å². The molecule has 4 heteroatoms. The molecule has 1 saturated heterocycles. The van der Waals surface area contributed by atoms with Gasteiger partial charge in [0.25, 0.3) is 0 Å². The zero-order chi connectivity index (χ0) is 12.8. The lowest BCUT2D eigenvalue weighted by atomic mass is 9.76. The van der Waals surface area contributed by atoms with Crippen LogP contribution in [0.15, 0.2) is 18.2 Å². The van der Waals surface area contributed by atoms with Crippen molar-refractivity contribution in [2.45, 2.75) is 25.7 Å². The lowest BCUT2D eigenvalue weighted by molar-refractivity contribution is 0.320. The fraction of sp³-hybridized carbons (Fsp3) is 0.500. The minimum absolute atomic E-state index is 0.00542. The van der Waals surface area contributed by atoms with Crippen LogP contribution in [0.1, 0.15) is 26.1 Å². The molecule has 1 fully saturated rings. The molecule has 96 valence electrons. The number of aromatic amines is 1. The SMILES string of the molecule is CC(C)C1(c2nc3c(F)cccc3[nH]2)CCNC1. The number of rotatable bonds is 2. The van der Waals surface area contributed by atoms with E-state index in [2.05, 4.69) is 29.1 Å². The van der Waals surface area contributed by atoms with Crippen molar-refractivity contribution in [2.75, 3.05) is 13.1 Å². The molecule has 2 heterocycles. The maximum Gasteiger partial charge on any atom is 0.151 e. The monoisotopic (exact) mass is 247 g/mol. The van der Waals surface area contributed by atoms with Crippen LogP contribution in [0.2, 0.25) is 0 Å². The van der Waals surface area contributed by atoms with Gasteiger partial charge in [-0.3, -0.25) is 0 Å². The van der Waals surface area contributed by atoms with E-state index in [0.717, 1.165) is 30.9 Å². The standard InChI is InChI=1S/C14H18FN3/c1-9(2)14(6-7-16-8-14)13-17-11-5-3-4-10(15)12(11)18-13/h3-5,9,16H,6-8H2,1-2H3,(H,17,18). The Morgan fingerprint density at radius 3 is 2.83 bits per heavy atom. The van der Waals surface area contributed by atoms with Crippen LogP contribution in [0.3, 0.4) is 0 Å². The second-order valence-electron chi connectivity index (χ2n) is 5.46. The number of halogens is 1. The van der Waals surface area contributed by atoms with Gasteiger partial charge in [-0.1, -0.05) is 19.9 Å². The second-order valence-corrected chi connectivity index (χ2v) is 5.46. The van der Waals surface area contributed by atoms with Gasteiger partial charge in [-0.2, -0.15) is 0 Å². The third kappa shape index (κ3) is 1.56. The minimum Gasteiger partial charge on any atom is -0.341 e. The van der Waals surface area contributed by atoms with E-state index in [1.807, 2.05) is 6.07 Å². The van der Waals surface area contributed by atoms with Crippen molar-refractivity contribution in [3.05, 3.63) is 29.8 Å². The van der Waals surface area contributed by atoms with Gasteiger partial charge in [-0.25, -0.2) is 9.37 Å². The molecule has 0 radical (unpaired) electrons. The maximum absolute atomic E-state index is 13.7. The second kappa shape index (κ2) is 4.05. The number of benzene rings is 1. The maximum atomic E-state index is 13.7. The largest absolute Gasteiger partial charge is 0.341 e. The molecular weight excluding hydrogens is 229 g/mol. The van der Waals surface area contributed by atoms with Crippen molar-refractivity contribution < 1.29 is 4.39 Å². The zero-order valence-corrected chi connectivity index (χ0v) is 10.8. The Balaban J connectivity index is 2.16. The van der Waals surface area contributed by atoms with Crippen molar-refractivity contribution in [1.82, 2.24) is 15.3 Å². The zero-order valence-electron chi connectivity index (χ0n) is 10.8. The highest BCUT2D eigenvalue weighted by Crippen LogP contribution is 2.37. The molecule has 0 spiro atoms. The summed E-state index contributed by atoms with van der Waals surface area (Å²) in [5, 5.41) is 3.40. The Morgan fingerprint density at radius 1 is 1.39 bits per heavy atom. The molecule has 1 aliphatic heterocycles. The quantitative estimate of drug-likeness (QED) is 0.856. The van der Waals surface area contributed by atoms with Crippen LogP contribution in [-0.2, 0) is 5.41 Å². The van der Waals surface area contributed by atoms with Crippen LogP contribution in [0.25, 0.3) is 11.0 Å². The van der Waals surface area contributed by atoms with Gasteiger partial charge < -0.3 is 10.3 Å². The number of nitrogens with zero attached hydrogens (tertiary/aromatic N) is 1. The van der Waals surface area contributed by atoms with E-state index in [1.54, 1.807) is 6.07 Å². The summed E-state index contributed by atoms with van der Waals surface area (Å²) in [4.78, 5) is 7.83. The molecule has 2 aromatic rings. The number of hydrogen-bond donors (Lipinski definition) is 2. The Bertz CT molecular complexity index is 567. The minimum atomic E-state index is -0.250. The highest BCUT2D eigenvalue weighted by molar-refractivity contribution is 5.75. The Kier molecular flexibility index (Phi) is 2.63. The number of H-pyrrole nitrogens is 1. The topological polar surface area (TPSA) is 40.7 Å². The van der Waals surface area contributed by atoms with Gasteiger partial charge in [0.1, 0.15) is 11.3 Å². The molecule has 1 aromatic heterocycles. The number of para-hydroxylation sites is 1. The van der Waals surface area contributed by atoms with Gasteiger partial charge >= 0.3 is 0 Å². The summed E-state index contributed by atoms with van der Waals surface area (Å²) >= 11 is 0. The van der Waals surface area contributed by atoms with Gasteiger partial charge in [0, 0.05) is 12.0 Å². The van der Waals surface area contributed by atoms with Crippen molar-refractivity contribution in [3.63, 3.8) is 0 Å². The molecule has 0 saturated carbocycles. The number of imidazole rings is 1. The normalized spacial score (nSPS) is 24.2. The first kappa shape index (κ1) is 11.7. The van der Waals surface area contributed by atoms with E-state index in [-0.39, 0.29) is 11.2 Å². The summed E-state index contributed by atoms with van der Waals surface area (Å²) in [6, 6.07) is 5.06. The number of nitrogens with one attached hydrogen (secondary N) is 2. The van der Waals surface area contributed by atoms with Crippen molar-refractivity contribution >= 4 is 11.0 Å². The Labute approximate surface area is 106 Å². The van der Waals surface area contributed by atoms with Crippen LogP contribution < -0.4 is 5.32 Å². The molecule has 0 bridgehead atoms. The summed E-state index contributed by atoms with van der Waals surface area (Å²) in [5.74, 6) is 1.14. The summed E-state index contributed by atoms with van der Waals surface area (Å²) in [5.41, 5.74) is 1.25. The summed E-state index contributed by atoms with van der Waals surface area (Å²) in [6.07, 6.45) is 1.05. The molecule has 1 atom stereocenters. The first-order valence-corrected chi connectivity index (χ1v) is 6.49. The van der Waals surface area contributed by atoms with Crippen LogP contribution in [0.4, 0.5) is 4.39 Å². The molecular formula is C14H18FN3. The predicted molar refractivity (Wildman–Crippen MR) is 70.1 cm³/mol. The summed E-state index contributed by atoms with van der Waals surface area (Å²) < 4.78 is 13.7. The van der Waals surface area contributed by atoms with E-state index < -0.39 is 0 Å².